The Morgan fingerprint density at radius 2 is 2.08 bits per heavy atom. The summed E-state index contributed by atoms with van der Waals surface area (Å²) in [7, 11) is 1.33. The van der Waals surface area contributed by atoms with Crippen LogP contribution in [0.3, 0.4) is 0 Å². The van der Waals surface area contributed by atoms with Gasteiger partial charge in [0, 0.05) is 19.0 Å². The SMILES string of the molecule is COC(=O)[C@H]1C(=O)C2CCN1CC2. The molecule has 0 aromatic carbocycles. The van der Waals surface area contributed by atoms with Crippen LogP contribution in [-0.2, 0) is 14.3 Å². The number of esters is 1. The molecule has 3 aliphatic rings. The summed E-state index contributed by atoms with van der Waals surface area (Å²) in [6, 6.07) is -0.600. The highest BCUT2D eigenvalue weighted by Crippen LogP contribution is 2.29. The quantitative estimate of drug-likeness (QED) is 0.418. The van der Waals surface area contributed by atoms with Crippen LogP contribution in [0.4, 0.5) is 0 Å². The van der Waals surface area contributed by atoms with Crippen molar-refractivity contribution in [2.75, 3.05) is 20.2 Å². The lowest BCUT2D eigenvalue weighted by molar-refractivity contribution is -0.158. The monoisotopic (exact) mass is 183 g/mol. The number of Topliss-reactive ketones (excluding diaryl/α,β-unsaturated/α-hetero) is 1. The summed E-state index contributed by atoms with van der Waals surface area (Å²) in [5.74, 6) is -0.229. The summed E-state index contributed by atoms with van der Waals surface area (Å²) in [6.07, 6.45) is 1.82. The molecule has 3 saturated heterocycles. The number of nitrogens with zero attached hydrogens (tertiary/aromatic N) is 1. The third-order valence-electron chi connectivity index (χ3n) is 2.99. The van der Waals surface area contributed by atoms with Crippen molar-refractivity contribution in [3.63, 3.8) is 0 Å². The van der Waals surface area contributed by atoms with Crippen molar-refractivity contribution in [1.29, 1.82) is 0 Å². The third-order valence-corrected chi connectivity index (χ3v) is 2.99. The molecular formula is C9H13NO3. The third kappa shape index (κ3) is 1.25. The van der Waals surface area contributed by atoms with Crippen molar-refractivity contribution >= 4 is 11.8 Å². The second kappa shape index (κ2) is 3.10. The zero-order valence-electron chi connectivity index (χ0n) is 7.66. The molecule has 3 heterocycles. The average molecular weight is 183 g/mol. The molecule has 13 heavy (non-hydrogen) atoms. The molecule has 0 N–H and O–H groups in total. The molecule has 0 saturated carbocycles. The van der Waals surface area contributed by atoms with E-state index in [1.54, 1.807) is 0 Å². The number of piperidine rings is 3. The Balaban J connectivity index is 2.18. The molecule has 3 aliphatic heterocycles. The summed E-state index contributed by atoms with van der Waals surface area (Å²) in [5, 5.41) is 0. The highest BCUT2D eigenvalue weighted by Gasteiger charge is 2.45. The molecule has 0 aromatic heterocycles. The van der Waals surface area contributed by atoms with Crippen LogP contribution in [0.1, 0.15) is 12.8 Å². The second-order valence-corrected chi connectivity index (χ2v) is 3.64. The van der Waals surface area contributed by atoms with Crippen molar-refractivity contribution in [3.8, 4) is 0 Å². The zero-order valence-corrected chi connectivity index (χ0v) is 7.66. The first-order valence-electron chi connectivity index (χ1n) is 4.59. The summed E-state index contributed by atoms with van der Waals surface area (Å²) < 4.78 is 4.61. The van der Waals surface area contributed by atoms with Crippen LogP contribution < -0.4 is 0 Å². The molecule has 0 aliphatic carbocycles. The van der Waals surface area contributed by atoms with E-state index < -0.39 is 12.0 Å². The van der Waals surface area contributed by atoms with Gasteiger partial charge in [-0.2, -0.15) is 0 Å². The molecule has 4 heteroatoms. The van der Waals surface area contributed by atoms with Crippen LogP contribution in [0.5, 0.6) is 0 Å². The average Bonchev–Trinajstić information content (AvgIpc) is 2.18. The maximum absolute atomic E-state index is 11.6. The van der Waals surface area contributed by atoms with Crippen molar-refractivity contribution in [2.24, 2.45) is 5.92 Å². The van der Waals surface area contributed by atoms with Crippen LogP contribution in [0, 0.1) is 5.92 Å². The Kier molecular flexibility index (Phi) is 2.07. The fraction of sp³-hybridized carbons (Fsp3) is 0.778. The van der Waals surface area contributed by atoms with E-state index in [-0.39, 0.29) is 11.7 Å². The first-order chi connectivity index (χ1) is 6.24. The largest absolute Gasteiger partial charge is 0.468 e. The molecule has 0 spiro atoms. The summed E-state index contributed by atoms with van der Waals surface area (Å²) in [4.78, 5) is 24.9. The van der Waals surface area contributed by atoms with E-state index in [0.717, 1.165) is 25.9 Å². The van der Waals surface area contributed by atoms with Gasteiger partial charge in [0.25, 0.3) is 0 Å². The Morgan fingerprint density at radius 1 is 1.46 bits per heavy atom. The highest BCUT2D eigenvalue weighted by molar-refractivity contribution is 6.05. The van der Waals surface area contributed by atoms with Crippen molar-refractivity contribution in [2.45, 2.75) is 18.9 Å². The Hall–Kier alpha value is -0.900. The molecule has 3 rings (SSSR count). The van der Waals surface area contributed by atoms with Crippen LogP contribution in [-0.4, -0.2) is 42.9 Å². The minimum absolute atomic E-state index is 0.0596. The minimum Gasteiger partial charge on any atom is -0.468 e. The lowest BCUT2D eigenvalue weighted by Gasteiger charge is -2.42. The molecule has 4 nitrogen and oxygen atoms in total. The van der Waals surface area contributed by atoms with Gasteiger partial charge >= 0.3 is 5.97 Å². The lowest BCUT2D eigenvalue weighted by Crippen LogP contribution is -2.58. The molecule has 1 atom stereocenters. The van der Waals surface area contributed by atoms with Crippen LogP contribution in [0.25, 0.3) is 0 Å². The minimum atomic E-state index is -0.600. The van der Waals surface area contributed by atoms with E-state index in [1.165, 1.54) is 7.11 Å². The highest BCUT2D eigenvalue weighted by atomic mass is 16.5. The first kappa shape index (κ1) is 8.69. The van der Waals surface area contributed by atoms with Crippen LogP contribution in [0.2, 0.25) is 0 Å². The van der Waals surface area contributed by atoms with Crippen molar-refractivity contribution < 1.29 is 14.3 Å². The number of hydrogen-bond acceptors (Lipinski definition) is 4. The van der Waals surface area contributed by atoms with Gasteiger partial charge in [0.1, 0.15) is 0 Å². The summed E-state index contributed by atoms with van der Waals surface area (Å²) in [5.41, 5.74) is 0. The van der Waals surface area contributed by atoms with E-state index in [9.17, 15) is 9.59 Å². The van der Waals surface area contributed by atoms with Crippen LogP contribution in [0.15, 0.2) is 0 Å². The smallest absolute Gasteiger partial charge is 0.330 e. The van der Waals surface area contributed by atoms with Crippen molar-refractivity contribution in [1.82, 2.24) is 4.90 Å². The van der Waals surface area contributed by atoms with Gasteiger partial charge in [0.2, 0.25) is 0 Å². The maximum Gasteiger partial charge on any atom is 0.330 e. The summed E-state index contributed by atoms with van der Waals surface area (Å²) in [6.45, 7) is 1.71. The van der Waals surface area contributed by atoms with Gasteiger partial charge in [-0.25, -0.2) is 4.79 Å². The topological polar surface area (TPSA) is 46.6 Å². The van der Waals surface area contributed by atoms with Gasteiger partial charge in [-0.3, -0.25) is 9.69 Å². The molecule has 0 radical (unpaired) electrons. The number of hydrogen-bond donors (Lipinski definition) is 0. The molecular weight excluding hydrogens is 170 g/mol. The fourth-order valence-electron chi connectivity index (χ4n) is 2.22. The van der Waals surface area contributed by atoms with Gasteiger partial charge in [-0.15, -0.1) is 0 Å². The Morgan fingerprint density at radius 3 is 2.54 bits per heavy atom. The predicted molar refractivity (Wildman–Crippen MR) is 45.1 cm³/mol. The normalized spacial score (nSPS) is 37.6. The molecule has 0 unspecified atom stereocenters. The molecule has 0 amide bonds. The van der Waals surface area contributed by atoms with Crippen molar-refractivity contribution in [3.05, 3.63) is 0 Å². The van der Waals surface area contributed by atoms with Gasteiger partial charge in [0.05, 0.1) is 7.11 Å². The Labute approximate surface area is 76.8 Å². The zero-order chi connectivity index (χ0) is 9.42. The van der Waals surface area contributed by atoms with E-state index in [2.05, 4.69) is 4.74 Å². The lowest BCUT2D eigenvalue weighted by atomic mass is 9.82. The number of ketones is 1. The number of methoxy groups -OCH3 is 1. The number of carbonyl (C=O) groups is 2. The number of ether oxygens (including phenoxy) is 1. The second-order valence-electron chi connectivity index (χ2n) is 3.64. The predicted octanol–water partition coefficient (Wildman–Crippen LogP) is -0.177. The first-order valence-corrected chi connectivity index (χ1v) is 4.59. The van der Waals surface area contributed by atoms with Gasteiger partial charge in [-0.05, 0) is 12.8 Å². The van der Waals surface area contributed by atoms with E-state index in [1.807, 2.05) is 4.90 Å². The van der Waals surface area contributed by atoms with Crippen LogP contribution >= 0.6 is 0 Å². The van der Waals surface area contributed by atoms with Gasteiger partial charge < -0.3 is 4.74 Å². The molecule has 3 fully saturated rings. The maximum atomic E-state index is 11.6. The van der Waals surface area contributed by atoms with E-state index in [4.69, 9.17) is 0 Å². The fourth-order valence-corrected chi connectivity index (χ4v) is 2.22. The van der Waals surface area contributed by atoms with E-state index >= 15 is 0 Å². The number of rotatable bonds is 1. The number of carbonyl (C=O) groups excluding carboxylic acids is 2. The van der Waals surface area contributed by atoms with Gasteiger partial charge in [0.15, 0.2) is 11.8 Å². The van der Waals surface area contributed by atoms with E-state index in [0.29, 0.717) is 0 Å². The molecule has 2 bridgehead atoms. The molecule has 0 aromatic rings. The number of fused-ring (bicyclic) bond motifs is 3. The van der Waals surface area contributed by atoms with Gasteiger partial charge in [-0.1, -0.05) is 0 Å². The standard InChI is InChI=1S/C9H13NO3/c1-13-9(12)7-8(11)6-2-4-10(7)5-3-6/h6-7H,2-5H2,1H3/t7-/m1/s1. The molecule has 72 valence electrons. The Bertz CT molecular complexity index is 243. The summed E-state index contributed by atoms with van der Waals surface area (Å²) >= 11 is 0.